The average molecular weight is 259 g/mol. The van der Waals surface area contributed by atoms with Gasteiger partial charge in [0.1, 0.15) is 0 Å². The largest absolute Gasteiger partial charge is 0.466 e. The van der Waals surface area contributed by atoms with Gasteiger partial charge in [0.25, 0.3) is 0 Å². The van der Waals surface area contributed by atoms with Gasteiger partial charge in [-0.25, -0.2) is 0 Å². The van der Waals surface area contributed by atoms with Crippen molar-refractivity contribution in [1.82, 2.24) is 5.32 Å². The number of ether oxygens (including phenoxy) is 2. The highest BCUT2D eigenvalue weighted by Gasteiger charge is 2.17. The molecule has 0 heterocycles. The van der Waals surface area contributed by atoms with Crippen LogP contribution >= 0.6 is 0 Å². The van der Waals surface area contributed by atoms with Crippen LogP contribution in [0.5, 0.6) is 0 Å². The first kappa shape index (κ1) is 16.9. The summed E-state index contributed by atoms with van der Waals surface area (Å²) in [5.41, 5.74) is 0. The average Bonchev–Trinajstić information content (AvgIpc) is 2.32. The Morgan fingerprint density at radius 3 is 2.28 bits per heavy atom. The molecule has 0 aliphatic heterocycles. The third-order valence-electron chi connectivity index (χ3n) is 2.51. The lowest BCUT2D eigenvalue weighted by atomic mass is 10.1. The standard InChI is InChI=1S/C13H25NO4/c1-5-17-9-11(10(3)4)14-12(15)7-8-13(16)18-6-2/h10-11H,5-9H2,1-4H3,(H,14,15). The fourth-order valence-corrected chi connectivity index (χ4v) is 1.37. The van der Waals surface area contributed by atoms with Gasteiger partial charge in [0.05, 0.1) is 25.7 Å². The van der Waals surface area contributed by atoms with Gasteiger partial charge in [-0.3, -0.25) is 9.59 Å². The van der Waals surface area contributed by atoms with Crippen LogP contribution < -0.4 is 5.32 Å². The lowest BCUT2D eigenvalue weighted by molar-refractivity contribution is -0.144. The first-order valence-corrected chi connectivity index (χ1v) is 6.53. The van der Waals surface area contributed by atoms with Crippen LogP contribution in [0.15, 0.2) is 0 Å². The lowest BCUT2D eigenvalue weighted by Gasteiger charge is -2.22. The van der Waals surface area contributed by atoms with Crippen molar-refractivity contribution in [3.8, 4) is 0 Å². The Labute approximate surface area is 109 Å². The molecule has 0 aromatic carbocycles. The van der Waals surface area contributed by atoms with Crippen molar-refractivity contribution < 1.29 is 19.1 Å². The fraction of sp³-hybridized carbons (Fsp3) is 0.846. The van der Waals surface area contributed by atoms with E-state index >= 15 is 0 Å². The molecule has 0 aromatic heterocycles. The third kappa shape index (κ3) is 8.06. The second-order valence-corrected chi connectivity index (χ2v) is 4.38. The molecule has 0 bridgehead atoms. The summed E-state index contributed by atoms with van der Waals surface area (Å²) in [4.78, 5) is 22.8. The first-order chi connectivity index (χ1) is 8.51. The van der Waals surface area contributed by atoms with E-state index in [1.54, 1.807) is 6.92 Å². The summed E-state index contributed by atoms with van der Waals surface area (Å²) in [6.45, 7) is 9.18. The molecule has 1 amide bonds. The molecular weight excluding hydrogens is 234 g/mol. The Hall–Kier alpha value is -1.10. The van der Waals surface area contributed by atoms with E-state index < -0.39 is 0 Å². The van der Waals surface area contributed by atoms with Crippen LogP contribution in [0, 0.1) is 5.92 Å². The van der Waals surface area contributed by atoms with Crippen molar-refractivity contribution in [3.05, 3.63) is 0 Å². The minimum absolute atomic E-state index is 0.0142. The van der Waals surface area contributed by atoms with E-state index in [2.05, 4.69) is 5.32 Å². The minimum Gasteiger partial charge on any atom is -0.466 e. The normalized spacial score (nSPS) is 12.3. The second-order valence-electron chi connectivity index (χ2n) is 4.38. The molecule has 0 fully saturated rings. The van der Waals surface area contributed by atoms with Gasteiger partial charge < -0.3 is 14.8 Å². The summed E-state index contributed by atoms with van der Waals surface area (Å²) < 4.78 is 10.1. The van der Waals surface area contributed by atoms with Crippen LogP contribution in [0.25, 0.3) is 0 Å². The number of nitrogens with one attached hydrogen (secondary N) is 1. The fourth-order valence-electron chi connectivity index (χ4n) is 1.37. The molecule has 5 heteroatoms. The van der Waals surface area contributed by atoms with Crippen LogP contribution in [0.3, 0.4) is 0 Å². The number of esters is 1. The number of carbonyl (C=O) groups is 2. The Balaban J connectivity index is 3.98. The van der Waals surface area contributed by atoms with Crippen molar-refractivity contribution in [2.45, 2.75) is 46.6 Å². The van der Waals surface area contributed by atoms with Crippen molar-refractivity contribution in [2.75, 3.05) is 19.8 Å². The number of hydrogen-bond acceptors (Lipinski definition) is 4. The maximum Gasteiger partial charge on any atom is 0.306 e. The molecule has 1 unspecified atom stereocenters. The van der Waals surface area contributed by atoms with Crippen LogP contribution in [-0.4, -0.2) is 37.7 Å². The highest BCUT2D eigenvalue weighted by Crippen LogP contribution is 2.03. The monoisotopic (exact) mass is 259 g/mol. The molecule has 5 nitrogen and oxygen atoms in total. The van der Waals surface area contributed by atoms with E-state index in [0.29, 0.717) is 25.7 Å². The van der Waals surface area contributed by atoms with Gasteiger partial charge in [-0.2, -0.15) is 0 Å². The molecule has 0 aliphatic carbocycles. The van der Waals surface area contributed by atoms with Gasteiger partial charge >= 0.3 is 5.97 Å². The SMILES string of the molecule is CCOCC(NC(=O)CCC(=O)OCC)C(C)C. The zero-order valence-electron chi connectivity index (χ0n) is 11.8. The molecule has 106 valence electrons. The maximum atomic E-state index is 11.7. The van der Waals surface area contributed by atoms with E-state index in [-0.39, 0.29) is 30.8 Å². The van der Waals surface area contributed by atoms with E-state index in [1.165, 1.54) is 0 Å². The number of carbonyl (C=O) groups excluding carboxylic acids is 2. The minimum atomic E-state index is -0.335. The summed E-state index contributed by atoms with van der Waals surface area (Å²) in [6, 6.07) is -0.0142. The predicted molar refractivity (Wildman–Crippen MR) is 69.1 cm³/mol. The molecule has 1 atom stereocenters. The van der Waals surface area contributed by atoms with Crippen LogP contribution in [0.4, 0.5) is 0 Å². The van der Waals surface area contributed by atoms with Gasteiger partial charge in [-0.1, -0.05) is 13.8 Å². The van der Waals surface area contributed by atoms with Crippen molar-refractivity contribution in [3.63, 3.8) is 0 Å². The molecule has 0 radical (unpaired) electrons. The Morgan fingerprint density at radius 1 is 1.11 bits per heavy atom. The summed E-state index contributed by atoms with van der Waals surface area (Å²) >= 11 is 0. The van der Waals surface area contributed by atoms with E-state index in [4.69, 9.17) is 9.47 Å². The zero-order chi connectivity index (χ0) is 14.0. The number of rotatable bonds is 9. The molecular formula is C13H25NO4. The summed E-state index contributed by atoms with van der Waals surface area (Å²) in [7, 11) is 0. The molecule has 0 aromatic rings. The molecule has 0 rings (SSSR count). The van der Waals surface area contributed by atoms with Gasteiger partial charge in [0.2, 0.25) is 5.91 Å². The molecule has 1 N–H and O–H groups in total. The highest BCUT2D eigenvalue weighted by molar-refractivity contribution is 5.81. The Bertz CT molecular complexity index is 253. The maximum absolute atomic E-state index is 11.7. The van der Waals surface area contributed by atoms with Gasteiger partial charge in [0, 0.05) is 13.0 Å². The van der Waals surface area contributed by atoms with Gasteiger partial charge in [-0.05, 0) is 19.8 Å². The van der Waals surface area contributed by atoms with Crippen LogP contribution in [0.2, 0.25) is 0 Å². The number of hydrogen-bond donors (Lipinski definition) is 1. The summed E-state index contributed by atoms with van der Waals surface area (Å²) in [5.74, 6) is -0.178. The van der Waals surface area contributed by atoms with Crippen molar-refractivity contribution in [1.29, 1.82) is 0 Å². The van der Waals surface area contributed by atoms with E-state index in [1.807, 2.05) is 20.8 Å². The molecule has 0 saturated heterocycles. The molecule has 0 saturated carbocycles. The topological polar surface area (TPSA) is 64.6 Å². The van der Waals surface area contributed by atoms with Crippen molar-refractivity contribution >= 4 is 11.9 Å². The quantitative estimate of drug-likeness (QED) is 0.637. The smallest absolute Gasteiger partial charge is 0.306 e. The van der Waals surface area contributed by atoms with Crippen LogP contribution in [0.1, 0.15) is 40.5 Å². The van der Waals surface area contributed by atoms with E-state index in [9.17, 15) is 9.59 Å². The zero-order valence-corrected chi connectivity index (χ0v) is 11.8. The van der Waals surface area contributed by atoms with Gasteiger partial charge in [-0.15, -0.1) is 0 Å². The third-order valence-corrected chi connectivity index (χ3v) is 2.51. The van der Waals surface area contributed by atoms with E-state index in [0.717, 1.165) is 0 Å². The lowest BCUT2D eigenvalue weighted by Crippen LogP contribution is -2.42. The predicted octanol–water partition coefficient (Wildman–Crippen LogP) is 1.51. The molecule has 0 spiro atoms. The Morgan fingerprint density at radius 2 is 1.78 bits per heavy atom. The van der Waals surface area contributed by atoms with Crippen molar-refractivity contribution in [2.24, 2.45) is 5.92 Å². The second kappa shape index (κ2) is 9.88. The van der Waals surface area contributed by atoms with Gasteiger partial charge in [0.15, 0.2) is 0 Å². The summed E-state index contributed by atoms with van der Waals surface area (Å²) in [6.07, 6.45) is 0.285. The number of amides is 1. The first-order valence-electron chi connectivity index (χ1n) is 6.53. The molecule has 0 aliphatic rings. The Kier molecular flexibility index (Phi) is 9.28. The van der Waals surface area contributed by atoms with Crippen LogP contribution in [-0.2, 0) is 19.1 Å². The molecule has 18 heavy (non-hydrogen) atoms. The highest BCUT2D eigenvalue weighted by atomic mass is 16.5. The summed E-state index contributed by atoms with van der Waals surface area (Å²) in [5, 5.41) is 2.88.